The molecule has 1 aromatic carbocycles. The normalized spacial score (nSPS) is 31.2. The van der Waals surface area contributed by atoms with Crippen molar-refractivity contribution in [3.63, 3.8) is 0 Å². The van der Waals surface area contributed by atoms with E-state index in [1.807, 2.05) is 0 Å². The van der Waals surface area contributed by atoms with Gasteiger partial charge in [0.15, 0.2) is 12.4 Å². The summed E-state index contributed by atoms with van der Waals surface area (Å²) in [5.74, 6) is -0.738. The molecule has 0 spiro atoms. The third-order valence-corrected chi connectivity index (χ3v) is 3.40. The average Bonchev–Trinajstić information content (AvgIpc) is 2.54. The van der Waals surface area contributed by atoms with Crippen molar-refractivity contribution in [2.75, 3.05) is 6.61 Å². The molecule has 2 rings (SSSR count). The summed E-state index contributed by atoms with van der Waals surface area (Å²) in [6, 6.07) is 6.05. The number of rotatable bonds is 4. The predicted octanol–water partition coefficient (Wildman–Crippen LogP) is -1.25. The fraction of sp³-hybridized carbons (Fsp3) is 0.400. The fourth-order valence-corrected chi connectivity index (χ4v) is 2.14. The van der Waals surface area contributed by atoms with Gasteiger partial charge in [-0.25, -0.2) is 4.79 Å². The van der Waals surface area contributed by atoms with E-state index in [1.165, 1.54) is 18.2 Å². The van der Waals surface area contributed by atoms with E-state index in [9.17, 15) is 20.1 Å². The van der Waals surface area contributed by atoms with Gasteiger partial charge >= 0.3 is 5.97 Å². The maximum atomic E-state index is 11.8. The summed E-state index contributed by atoms with van der Waals surface area (Å²) in [5, 5.41) is 47.1. The molecule has 0 amide bonds. The van der Waals surface area contributed by atoms with E-state index in [0.717, 1.165) is 6.08 Å². The topological polar surface area (TPSA) is 137 Å². The molecular formula is C15H18O8. The van der Waals surface area contributed by atoms with Crippen LogP contribution in [0.3, 0.4) is 0 Å². The van der Waals surface area contributed by atoms with Crippen LogP contribution in [0.2, 0.25) is 0 Å². The zero-order valence-electron chi connectivity index (χ0n) is 12.0. The molecule has 0 aromatic heterocycles. The number of ether oxygens (including phenoxy) is 2. The highest BCUT2D eigenvalue weighted by Crippen LogP contribution is 2.22. The van der Waals surface area contributed by atoms with Crippen LogP contribution >= 0.6 is 0 Å². The van der Waals surface area contributed by atoms with Gasteiger partial charge in [-0.3, -0.25) is 0 Å². The van der Waals surface area contributed by atoms with Gasteiger partial charge in [0, 0.05) is 6.08 Å². The minimum atomic E-state index is -1.68. The number of carbonyl (C=O) groups is 1. The summed E-state index contributed by atoms with van der Waals surface area (Å²) in [7, 11) is 0. The third kappa shape index (κ3) is 4.27. The molecule has 8 nitrogen and oxygen atoms in total. The number of esters is 1. The molecule has 1 aliphatic rings. The first kappa shape index (κ1) is 17.4. The van der Waals surface area contributed by atoms with Crippen molar-refractivity contribution < 1.29 is 39.8 Å². The lowest BCUT2D eigenvalue weighted by Gasteiger charge is -2.39. The Hall–Kier alpha value is -1.97. The van der Waals surface area contributed by atoms with Gasteiger partial charge in [-0.1, -0.05) is 12.1 Å². The number of aliphatic hydroxyl groups is 4. The Labute approximate surface area is 131 Å². The van der Waals surface area contributed by atoms with E-state index in [0.29, 0.717) is 5.56 Å². The molecule has 0 radical (unpaired) electrons. The van der Waals surface area contributed by atoms with Crippen molar-refractivity contribution in [3.8, 4) is 5.75 Å². The molecule has 1 aliphatic heterocycles. The van der Waals surface area contributed by atoms with Gasteiger partial charge in [-0.05, 0) is 23.8 Å². The second-order valence-corrected chi connectivity index (χ2v) is 5.06. The number of carbonyl (C=O) groups excluding carboxylic acids is 1. The average molecular weight is 326 g/mol. The summed E-state index contributed by atoms with van der Waals surface area (Å²) in [5.41, 5.74) is 0.634. The van der Waals surface area contributed by atoms with Crippen LogP contribution in [0.4, 0.5) is 0 Å². The van der Waals surface area contributed by atoms with Crippen molar-refractivity contribution in [1.82, 2.24) is 0 Å². The quantitative estimate of drug-likeness (QED) is 0.342. The molecule has 1 saturated heterocycles. The second kappa shape index (κ2) is 7.53. The van der Waals surface area contributed by atoms with Gasteiger partial charge in [0.25, 0.3) is 0 Å². The van der Waals surface area contributed by atoms with E-state index in [2.05, 4.69) is 0 Å². The van der Waals surface area contributed by atoms with Crippen molar-refractivity contribution in [2.45, 2.75) is 30.7 Å². The summed E-state index contributed by atoms with van der Waals surface area (Å²) in [4.78, 5) is 11.8. The van der Waals surface area contributed by atoms with Crippen LogP contribution in [-0.2, 0) is 14.3 Å². The Bertz CT molecular complexity index is 553. The molecule has 1 heterocycles. The molecule has 0 unspecified atom stereocenters. The number of benzene rings is 1. The van der Waals surface area contributed by atoms with Crippen molar-refractivity contribution in [1.29, 1.82) is 0 Å². The maximum Gasteiger partial charge on any atom is 0.331 e. The van der Waals surface area contributed by atoms with E-state index in [-0.39, 0.29) is 5.75 Å². The second-order valence-electron chi connectivity index (χ2n) is 5.06. The zero-order valence-corrected chi connectivity index (χ0v) is 12.0. The SMILES string of the molecule is O=C(C=Cc1ccc(O)cc1)O[C@H]1[C@H](O)[C@@H](O)[C@@H](O)O[C@@H]1CO. The number of aromatic hydroxyl groups is 1. The van der Waals surface area contributed by atoms with Gasteiger partial charge in [-0.15, -0.1) is 0 Å². The van der Waals surface area contributed by atoms with E-state index in [1.54, 1.807) is 12.1 Å². The maximum absolute atomic E-state index is 11.8. The van der Waals surface area contributed by atoms with E-state index >= 15 is 0 Å². The number of phenols is 1. The molecule has 8 heteroatoms. The highest BCUT2D eigenvalue weighted by Gasteiger charge is 2.45. The Morgan fingerprint density at radius 3 is 2.43 bits per heavy atom. The van der Waals surface area contributed by atoms with Gasteiger partial charge in [-0.2, -0.15) is 0 Å². The molecular weight excluding hydrogens is 308 g/mol. The van der Waals surface area contributed by atoms with Crippen LogP contribution in [0.15, 0.2) is 30.3 Å². The van der Waals surface area contributed by atoms with Crippen LogP contribution < -0.4 is 0 Å². The van der Waals surface area contributed by atoms with Crippen molar-refractivity contribution in [3.05, 3.63) is 35.9 Å². The van der Waals surface area contributed by atoms with E-state index < -0.39 is 43.3 Å². The summed E-state index contributed by atoms with van der Waals surface area (Å²) in [6.45, 7) is -0.611. The van der Waals surface area contributed by atoms with Crippen LogP contribution in [0.1, 0.15) is 5.56 Å². The first-order chi connectivity index (χ1) is 10.9. The first-order valence-corrected chi connectivity index (χ1v) is 6.90. The van der Waals surface area contributed by atoms with Crippen LogP contribution in [-0.4, -0.2) is 68.8 Å². The Morgan fingerprint density at radius 2 is 1.83 bits per heavy atom. The van der Waals surface area contributed by atoms with Gasteiger partial charge < -0.3 is 35.0 Å². The molecule has 0 bridgehead atoms. The molecule has 23 heavy (non-hydrogen) atoms. The Morgan fingerprint density at radius 1 is 1.17 bits per heavy atom. The predicted molar refractivity (Wildman–Crippen MR) is 77.0 cm³/mol. The fourth-order valence-electron chi connectivity index (χ4n) is 2.14. The molecule has 1 fully saturated rings. The molecule has 0 saturated carbocycles. The number of hydrogen-bond donors (Lipinski definition) is 5. The minimum Gasteiger partial charge on any atom is -0.508 e. The number of hydrogen-bond acceptors (Lipinski definition) is 8. The molecule has 5 N–H and O–H groups in total. The van der Waals surface area contributed by atoms with Crippen LogP contribution in [0, 0.1) is 0 Å². The van der Waals surface area contributed by atoms with Crippen LogP contribution in [0.5, 0.6) is 5.75 Å². The minimum absolute atomic E-state index is 0.0885. The first-order valence-electron chi connectivity index (χ1n) is 6.90. The van der Waals surface area contributed by atoms with Gasteiger partial charge in [0.2, 0.25) is 0 Å². The number of aliphatic hydroxyl groups excluding tert-OH is 4. The lowest BCUT2D eigenvalue weighted by atomic mass is 9.99. The van der Waals surface area contributed by atoms with E-state index in [4.69, 9.17) is 19.7 Å². The lowest BCUT2D eigenvalue weighted by molar-refractivity contribution is -0.289. The lowest BCUT2D eigenvalue weighted by Crippen LogP contribution is -2.59. The Balaban J connectivity index is 2.01. The van der Waals surface area contributed by atoms with Crippen LogP contribution in [0.25, 0.3) is 6.08 Å². The van der Waals surface area contributed by atoms with Gasteiger partial charge in [0.05, 0.1) is 6.61 Å². The third-order valence-electron chi connectivity index (χ3n) is 3.40. The highest BCUT2D eigenvalue weighted by molar-refractivity contribution is 5.87. The number of phenolic OH excluding ortho intramolecular Hbond substituents is 1. The van der Waals surface area contributed by atoms with Gasteiger partial charge in [0.1, 0.15) is 24.1 Å². The van der Waals surface area contributed by atoms with Crippen molar-refractivity contribution >= 4 is 12.0 Å². The molecule has 5 atom stereocenters. The smallest absolute Gasteiger partial charge is 0.331 e. The molecule has 126 valence electrons. The Kier molecular flexibility index (Phi) is 5.69. The largest absolute Gasteiger partial charge is 0.508 e. The standard InChI is InChI=1S/C15H18O8/c16-7-10-14(12(19)13(20)15(21)22-10)23-11(18)6-3-8-1-4-9(17)5-2-8/h1-6,10,12-17,19-21H,7H2/t10-,12-,13-,14-,15+/m1/s1. The summed E-state index contributed by atoms with van der Waals surface area (Å²) in [6.07, 6.45) is -4.89. The highest BCUT2D eigenvalue weighted by atomic mass is 16.7. The molecule has 1 aromatic rings. The summed E-state index contributed by atoms with van der Waals surface area (Å²) < 4.78 is 9.86. The summed E-state index contributed by atoms with van der Waals surface area (Å²) >= 11 is 0. The van der Waals surface area contributed by atoms with Crippen molar-refractivity contribution in [2.24, 2.45) is 0 Å². The molecule has 0 aliphatic carbocycles. The monoisotopic (exact) mass is 326 g/mol. The zero-order chi connectivity index (χ0) is 17.0.